The van der Waals surface area contributed by atoms with E-state index in [0.29, 0.717) is 5.56 Å². The van der Waals surface area contributed by atoms with E-state index in [2.05, 4.69) is 0 Å². The molecule has 0 aliphatic heterocycles. The highest BCUT2D eigenvalue weighted by Crippen LogP contribution is 2.27. The molecule has 0 saturated carbocycles. The second kappa shape index (κ2) is 5.60. The highest BCUT2D eigenvalue weighted by molar-refractivity contribution is 7.90. The van der Waals surface area contributed by atoms with Crippen molar-refractivity contribution in [3.05, 3.63) is 57.8 Å². The van der Waals surface area contributed by atoms with Gasteiger partial charge in [-0.05, 0) is 35.9 Å². The van der Waals surface area contributed by atoms with Crippen molar-refractivity contribution in [1.29, 1.82) is 0 Å². The van der Waals surface area contributed by atoms with Gasteiger partial charge in [-0.2, -0.15) is 0 Å². The van der Waals surface area contributed by atoms with Crippen LogP contribution in [0.25, 0.3) is 0 Å². The number of rotatable bonds is 3. The van der Waals surface area contributed by atoms with Crippen LogP contribution in [0.2, 0.25) is 10.0 Å². The first-order chi connectivity index (χ1) is 9.29. The van der Waals surface area contributed by atoms with Gasteiger partial charge in [-0.3, -0.25) is 0 Å². The number of hydrogen-bond donors (Lipinski definition) is 1. The molecule has 7 heteroatoms. The zero-order valence-corrected chi connectivity index (χ0v) is 12.4. The third-order valence-electron chi connectivity index (χ3n) is 2.70. The molecule has 2 rings (SSSR count). The van der Waals surface area contributed by atoms with Crippen molar-refractivity contribution in [2.45, 2.75) is 10.6 Å². The van der Waals surface area contributed by atoms with Crippen molar-refractivity contribution in [1.82, 2.24) is 0 Å². The smallest absolute Gasteiger partial charge is 0.182 e. The molecule has 0 aliphatic rings. The fourth-order valence-electron chi connectivity index (χ4n) is 1.66. The molecule has 2 N–H and O–H groups in total. The Kier molecular flexibility index (Phi) is 4.22. The van der Waals surface area contributed by atoms with Crippen molar-refractivity contribution in [2.24, 2.45) is 0 Å². The molecule has 3 nitrogen and oxygen atoms in total. The van der Waals surface area contributed by atoms with Crippen LogP contribution in [-0.4, -0.2) is 8.42 Å². The molecule has 106 valence electrons. The van der Waals surface area contributed by atoms with Crippen LogP contribution in [0.3, 0.4) is 0 Å². The lowest BCUT2D eigenvalue weighted by Gasteiger charge is -2.08. The van der Waals surface area contributed by atoms with E-state index in [1.807, 2.05) is 0 Å². The number of hydrogen-bond acceptors (Lipinski definition) is 3. The van der Waals surface area contributed by atoms with Crippen LogP contribution < -0.4 is 5.73 Å². The van der Waals surface area contributed by atoms with Gasteiger partial charge < -0.3 is 5.73 Å². The Bertz CT molecular complexity index is 763. The van der Waals surface area contributed by atoms with E-state index >= 15 is 0 Å². The van der Waals surface area contributed by atoms with Crippen LogP contribution in [-0.2, 0) is 15.6 Å². The Morgan fingerprint density at radius 1 is 1.05 bits per heavy atom. The first kappa shape index (κ1) is 15.1. The number of halogens is 3. The van der Waals surface area contributed by atoms with E-state index in [4.69, 9.17) is 28.9 Å². The van der Waals surface area contributed by atoms with Gasteiger partial charge in [0.1, 0.15) is 5.82 Å². The maximum Gasteiger partial charge on any atom is 0.182 e. The van der Waals surface area contributed by atoms with Gasteiger partial charge >= 0.3 is 0 Å². The fourth-order valence-corrected chi connectivity index (χ4v) is 3.43. The summed E-state index contributed by atoms with van der Waals surface area (Å²) in [4.78, 5) is 0.0376. The lowest BCUT2D eigenvalue weighted by atomic mass is 10.2. The molecule has 0 bridgehead atoms. The van der Waals surface area contributed by atoms with E-state index < -0.39 is 15.7 Å². The van der Waals surface area contributed by atoms with E-state index in [9.17, 15) is 12.8 Å². The van der Waals surface area contributed by atoms with Crippen molar-refractivity contribution in [3.63, 3.8) is 0 Å². The molecule has 0 amide bonds. The molecule has 2 aromatic rings. The molecule has 0 unspecified atom stereocenters. The minimum Gasteiger partial charge on any atom is -0.398 e. The Morgan fingerprint density at radius 3 is 2.35 bits per heavy atom. The summed E-state index contributed by atoms with van der Waals surface area (Å²) < 4.78 is 37.4. The highest BCUT2D eigenvalue weighted by atomic mass is 35.5. The maximum atomic E-state index is 12.9. The second-order valence-electron chi connectivity index (χ2n) is 4.18. The normalized spacial score (nSPS) is 11.6. The Labute approximate surface area is 126 Å². The van der Waals surface area contributed by atoms with Crippen LogP contribution in [0.1, 0.15) is 5.56 Å². The van der Waals surface area contributed by atoms with Crippen LogP contribution in [0.4, 0.5) is 10.1 Å². The summed E-state index contributed by atoms with van der Waals surface area (Å²) in [7, 11) is -3.63. The second-order valence-corrected chi connectivity index (χ2v) is 6.98. The van der Waals surface area contributed by atoms with Crippen molar-refractivity contribution in [3.8, 4) is 0 Å². The molecule has 0 spiro atoms. The first-order valence-corrected chi connectivity index (χ1v) is 7.92. The van der Waals surface area contributed by atoms with Gasteiger partial charge in [0, 0.05) is 5.69 Å². The van der Waals surface area contributed by atoms with Gasteiger partial charge in [0.25, 0.3) is 0 Å². The van der Waals surface area contributed by atoms with Crippen LogP contribution in [0.5, 0.6) is 0 Å². The average Bonchev–Trinajstić information content (AvgIpc) is 2.36. The summed E-state index contributed by atoms with van der Waals surface area (Å²) in [5, 5.41) is 0.423. The predicted molar refractivity (Wildman–Crippen MR) is 78.2 cm³/mol. The number of nitrogen functional groups attached to an aromatic ring is 1. The average molecular weight is 334 g/mol. The summed E-state index contributed by atoms with van der Waals surface area (Å²) in [6.45, 7) is 0. The third kappa shape index (κ3) is 3.23. The molecule has 0 atom stereocenters. The lowest BCUT2D eigenvalue weighted by molar-refractivity contribution is 0.595. The van der Waals surface area contributed by atoms with Crippen LogP contribution in [0, 0.1) is 5.82 Å². The number of sulfone groups is 1. The SMILES string of the molecule is Nc1cc(F)ccc1CS(=O)(=O)c1ccc(Cl)c(Cl)c1. The molecule has 0 aromatic heterocycles. The monoisotopic (exact) mass is 333 g/mol. The molecule has 0 aliphatic carbocycles. The topological polar surface area (TPSA) is 60.2 Å². The van der Waals surface area contributed by atoms with E-state index in [1.165, 1.54) is 24.3 Å². The molecular weight excluding hydrogens is 324 g/mol. The Hall–Kier alpha value is -1.30. The number of nitrogens with two attached hydrogens (primary N) is 1. The molecule has 20 heavy (non-hydrogen) atoms. The largest absolute Gasteiger partial charge is 0.398 e. The van der Waals surface area contributed by atoms with Crippen LogP contribution in [0.15, 0.2) is 41.3 Å². The quantitative estimate of drug-likeness (QED) is 0.871. The fraction of sp³-hybridized carbons (Fsp3) is 0.0769. The zero-order chi connectivity index (χ0) is 14.9. The molecule has 0 saturated heterocycles. The number of benzene rings is 2. The minimum absolute atomic E-state index is 0.0376. The van der Waals surface area contributed by atoms with Crippen molar-refractivity contribution < 1.29 is 12.8 Å². The molecule has 0 fully saturated rings. The van der Waals surface area contributed by atoms with Gasteiger partial charge in [-0.1, -0.05) is 29.3 Å². The van der Waals surface area contributed by atoms with Gasteiger partial charge in [0.2, 0.25) is 0 Å². The minimum atomic E-state index is -3.63. The molecule has 0 radical (unpaired) electrons. The summed E-state index contributed by atoms with van der Waals surface area (Å²) in [6, 6.07) is 7.64. The summed E-state index contributed by atoms with van der Waals surface area (Å²) in [6.07, 6.45) is 0. The molecule has 2 aromatic carbocycles. The van der Waals surface area contributed by atoms with Gasteiger partial charge in [-0.15, -0.1) is 0 Å². The summed E-state index contributed by atoms with van der Waals surface area (Å²) in [5.74, 6) is -0.852. The van der Waals surface area contributed by atoms with Crippen LogP contribution >= 0.6 is 23.2 Å². The Morgan fingerprint density at radius 2 is 1.75 bits per heavy atom. The molecule has 0 heterocycles. The van der Waals surface area contributed by atoms with Gasteiger partial charge in [-0.25, -0.2) is 12.8 Å². The van der Waals surface area contributed by atoms with E-state index in [1.54, 1.807) is 0 Å². The first-order valence-electron chi connectivity index (χ1n) is 5.51. The lowest BCUT2D eigenvalue weighted by Crippen LogP contribution is -2.07. The van der Waals surface area contributed by atoms with E-state index in [-0.39, 0.29) is 26.4 Å². The third-order valence-corrected chi connectivity index (χ3v) is 5.11. The highest BCUT2D eigenvalue weighted by Gasteiger charge is 2.18. The summed E-state index contributed by atoms with van der Waals surface area (Å²) >= 11 is 11.5. The Balaban J connectivity index is 2.38. The zero-order valence-electron chi connectivity index (χ0n) is 10.1. The maximum absolute atomic E-state index is 12.9. The van der Waals surface area contributed by atoms with Gasteiger partial charge in [0.15, 0.2) is 9.84 Å². The predicted octanol–water partition coefficient (Wildman–Crippen LogP) is 3.69. The standard InChI is InChI=1S/C13H10Cl2FNO2S/c14-11-4-3-10(6-12(11)15)20(18,19)7-8-1-2-9(16)5-13(8)17/h1-6H,7,17H2. The number of anilines is 1. The van der Waals surface area contributed by atoms with Crippen molar-refractivity contribution in [2.75, 3.05) is 5.73 Å². The van der Waals surface area contributed by atoms with Gasteiger partial charge in [0.05, 0.1) is 20.7 Å². The van der Waals surface area contributed by atoms with Crippen molar-refractivity contribution >= 4 is 38.7 Å². The van der Waals surface area contributed by atoms with E-state index in [0.717, 1.165) is 12.1 Å². The molecular formula is C13H10Cl2FNO2S. The summed E-state index contributed by atoms with van der Waals surface area (Å²) in [5.41, 5.74) is 6.03.